The van der Waals surface area contributed by atoms with Crippen molar-refractivity contribution in [2.24, 2.45) is 0 Å². The molecule has 0 saturated heterocycles. The molecule has 0 bridgehead atoms. The van der Waals surface area contributed by atoms with Crippen LogP contribution in [0.4, 0.5) is 5.69 Å². The van der Waals surface area contributed by atoms with Crippen LogP contribution in [0, 0.1) is 0 Å². The second-order valence-electron chi connectivity index (χ2n) is 10.5. The lowest BCUT2D eigenvalue weighted by Gasteiger charge is -2.26. The first kappa shape index (κ1) is 28.8. The minimum atomic E-state index is -0.554. The summed E-state index contributed by atoms with van der Waals surface area (Å²) in [6.45, 7) is 13.6. The third-order valence-corrected chi connectivity index (χ3v) is 6.74. The summed E-state index contributed by atoms with van der Waals surface area (Å²) in [6.07, 6.45) is 0.577. The average Bonchev–Trinajstić information content (AvgIpc) is 2.84. The van der Waals surface area contributed by atoms with Gasteiger partial charge in [-0.05, 0) is 81.5 Å². The summed E-state index contributed by atoms with van der Waals surface area (Å²) in [5.41, 5.74) is 3.71. The van der Waals surface area contributed by atoms with Gasteiger partial charge in [-0.15, -0.1) is 0 Å². The summed E-state index contributed by atoms with van der Waals surface area (Å²) >= 11 is 12.9. The number of hydrogen-bond donors (Lipinski definition) is 0. The Bertz CT molecular complexity index is 1290. The molecule has 198 valence electrons. The SMILES string of the molecule is CCN(Cc1c(Cl)cc(Cl)c(=O)n1CCc1ccc(C(=O)OC(C)(C)C)cc1)c1cccc(C(C)C)c1. The van der Waals surface area contributed by atoms with Gasteiger partial charge in [0.25, 0.3) is 5.56 Å². The third-order valence-electron chi connectivity index (χ3n) is 6.14. The van der Waals surface area contributed by atoms with Crippen LogP contribution in [0.15, 0.2) is 59.4 Å². The number of pyridine rings is 1. The highest BCUT2D eigenvalue weighted by Crippen LogP contribution is 2.26. The Morgan fingerprint density at radius 2 is 1.70 bits per heavy atom. The zero-order chi connectivity index (χ0) is 27.3. The first-order valence-corrected chi connectivity index (χ1v) is 13.4. The predicted molar refractivity (Wildman–Crippen MR) is 153 cm³/mol. The van der Waals surface area contributed by atoms with E-state index in [0.29, 0.717) is 36.0 Å². The van der Waals surface area contributed by atoms with Crippen molar-refractivity contribution >= 4 is 34.9 Å². The molecule has 0 amide bonds. The molecule has 1 aromatic heterocycles. The van der Waals surface area contributed by atoms with Gasteiger partial charge in [-0.1, -0.05) is 61.3 Å². The van der Waals surface area contributed by atoms with Gasteiger partial charge < -0.3 is 14.2 Å². The summed E-state index contributed by atoms with van der Waals surface area (Å²) in [6, 6.07) is 17.2. The maximum absolute atomic E-state index is 13.1. The number of ether oxygens (including phenoxy) is 1. The van der Waals surface area contributed by atoms with Crippen molar-refractivity contribution in [3.8, 4) is 0 Å². The molecular formula is C30H36Cl2N2O3. The second kappa shape index (κ2) is 12.2. The Morgan fingerprint density at radius 1 is 1.03 bits per heavy atom. The van der Waals surface area contributed by atoms with Crippen molar-refractivity contribution < 1.29 is 9.53 Å². The van der Waals surface area contributed by atoms with Gasteiger partial charge in [-0.25, -0.2) is 4.79 Å². The van der Waals surface area contributed by atoms with Crippen molar-refractivity contribution in [2.75, 3.05) is 11.4 Å². The van der Waals surface area contributed by atoms with E-state index >= 15 is 0 Å². The number of benzene rings is 2. The standard InChI is InChI=1S/C30H36Cl2N2O3/c1-7-33(24-10-8-9-23(17-24)20(2)3)19-27-25(31)18-26(32)28(35)34(27)16-15-21-11-13-22(14-12-21)29(36)37-30(4,5)6/h8-14,17-18,20H,7,15-16,19H2,1-6H3. The first-order chi connectivity index (χ1) is 17.4. The van der Waals surface area contributed by atoms with E-state index in [1.807, 2.05) is 32.9 Å². The van der Waals surface area contributed by atoms with Crippen molar-refractivity contribution in [1.82, 2.24) is 4.57 Å². The molecule has 0 N–H and O–H groups in total. The van der Waals surface area contributed by atoms with Crippen molar-refractivity contribution in [3.05, 3.63) is 97.4 Å². The van der Waals surface area contributed by atoms with Gasteiger partial charge in [0, 0.05) is 18.8 Å². The van der Waals surface area contributed by atoms with Crippen molar-refractivity contribution in [1.29, 1.82) is 0 Å². The molecule has 0 atom stereocenters. The molecule has 0 unspecified atom stereocenters. The van der Waals surface area contributed by atoms with Crippen LogP contribution in [0.2, 0.25) is 10.0 Å². The van der Waals surface area contributed by atoms with Crippen LogP contribution in [-0.4, -0.2) is 22.7 Å². The molecule has 0 aliphatic heterocycles. The van der Waals surface area contributed by atoms with Gasteiger partial charge in [0.05, 0.1) is 22.8 Å². The van der Waals surface area contributed by atoms with E-state index in [1.165, 1.54) is 11.6 Å². The molecule has 1 heterocycles. The minimum Gasteiger partial charge on any atom is -0.456 e. The van der Waals surface area contributed by atoms with E-state index in [-0.39, 0.29) is 16.6 Å². The molecule has 0 saturated carbocycles. The topological polar surface area (TPSA) is 51.5 Å². The zero-order valence-corrected chi connectivity index (χ0v) is 24.0. The highest BCUT2D eigenvalue weighted by Gasteiger charge is 2.19. The zero-order valence-electron chi connectivity index (χ0n) is 22.5. The number of aryl methyl sites for hydroxylation is 1. The van der Waals surface area contributed by atoms with Crippen LogP contribution in [-0.2, 0) is 24.2 Å². The summed E-state index contributed by atoms with van der Waals surface area (Å²) in [7, 11) is 0. The molecule has 37 heavy (non-hydrogen) atoms. The van der Waals surface area contributed by atoms with Crippen LogP contribution >= 0.6 is 23.2 Å². The van der Waals surface area contributed by atoms with Gasteiger partial charge in [0.1, 0.15) is 10.6 Å². The summed E-state index contributed by atoms with van der Waals surface area (Å²) < 4.78 is 7.10. The third kappa shape index (κ3) is 7.62. The lowest BCUT2D eigenvalue weighted by atomic mass is 10.0. The van der Waals surface area contributed by atoms with Crippen LogP contribution < -0.4 is 10.5 Å². The maximum atomic E-state index is 13.1. The molecule has 7 heteroatoms. The van der Waals surface area contributed by atoms with E-state index in [1.54, 1.807) is 16.7 Å². The lowest BCUT2D eigenvalue weighted by Crippen LogP contribution is -2.31. The van der Waals surface area contributed by atoms with Gasteiger partial charge in [-0.3, -0.25) is 4.79 Å². The normalized spacial score (nSPS) is 11.6. The molecule has 3 aromatic rings. The molecule has 0 radical (unpaired) electrons. The van der Waals surface area contributed by atoms with Crippen molar-refractivity contribution in [3.63, 3.8) is 0 Å². The Kier molecular flexibility index (Phi) is 9.49. The highest BCUT2D eigenvalue weighted by atomic mass is 35.5. The van der Waals surface area contributed by atoms with Crippen LogP contribution in [0.25, 0.3) is 0 Å². The van der Waals surface area contributed by atoms with Crippen molar-refractivity contribution in [2.45, 2.75) is 72.6 Å². The van der Waals surface area contributed by atoms with E-state index < -0.39 is 5.60 Å². The smallest absolute Gasteiger partial charge is 0.338 e. The van der Waals surface area contributed by atoms with Gasteiger partial charge in [0.2, 0.25) is 0 Å². The first-order valence-electron chi connectivity index (χ1n) is 12.6. The van der Waals surface area contributed by atoms with Crippen LogP contribution in [0.5, 0.6) is 0 Å². The number of nitrogens with zero attached hydrogens (tertiary/aromatic N) is 2. The van der Waals surface area contributed by atoms with Crippen LogP contribution in [0.1, 0.15) is 74.6 Å². The summed E-state index contributed by atoms with van der Waals surface area (Å²) in [4.78, 5) is 27.6. The van der Waals surface area contributed by atoms with E-state index in [2.05, 4.69) is 49.9 Å². The molecule has 0 aliphatic carbocycles. The van der Waals surface area contributed by atoms with E-state index in [9.17, 15) is 9.59 Å². The number of hydrogen-bond acceptors (Lipinski definition) is 4. The number of rotatable bonds is 9. The summed E-state index contributed by atoms with van der Waals surface area (Å²) in [5.74, 6) is 0.0537. The lowest BCUT2D eigenvalue weighted by molar-refractivity contribution is 0.00695. The summed E-state index contributed by atoms with van der Waals surface area (Å²) in [5, 5.41) is 0.558. The number of aromatic nitrogens is 1. The molecular weight excluding hydrogens is 507 g/mol. The fourth-order valence-electron chi connectivity index (χ4n) is 4.07. The van der Waals surface area contributed by atoms with Gasteiger partial charge >= 0.3 is 5.97 Å². The second-order valence-corrected chi connectivity index (χ2v) is 11.3. The largest absolute Gasteiger partial charge is 0.456 e. The molecule has 0 fully saturated rings. The number of anilines is 1. The molecule has 5 nitrogen and oxygen atoms in total. The van der Waals surface area contributed by atoms with Gasteiger partial charge in [-0.2, -0.15) is 0 Å². The Morgan fingerprint density at radius 3 is 2.30 bits per heavy atom. The number of carbonyl (C=O) groups excluding carboxylic acids is 1. The van der Waals surface area contributed by atoms with Crippen LogP contribution in [0.3, 0.4) is 0 Å². The average molecular weight is 544 g/mol. The molecule has 0 spiro atoms. The molecule has 3 rings (SSSR count). The molecule has 0 aliphatic rings. The number of esters is 1. The Hall–Kier alpha value is -2.76. The van der Waals surface area contributed by atoms with E-state index in [0.717, 1.165) is 23.5 Å². The minimum absolute atomic E-state index is 0.0962. The van der Waals surface area contributed by atoms with E-state index in [4.69, 9.17) is 27.9 Å². The quantitative estimate of drug-likeness (QED) is 0.262. The fourth-order valence-corrected chi connectivity index (χ4v) is 4.60. The molecule has 2 aromatic carbocycles. The number of carbonyl (C=O) groups is 1. The predicted octanol–water partition coefficient (Wildman–Crippen LogP) is 7.50. The van der Waals surface area contributed by atoms with Gasteiger partial charge in [0.15, 0.2) is 0 Å². The maximum Gasteiger partial charge on any atom is 0.338 e. The monoisotopic (exact) mass is 542 g/mol. The fraction of sp³-hybridized carbons (Fsp3) is 0.400. The Labute approximate surface area is 230 Å². The Balaban J connectivity index is 1.85. The highest BCUT2D eigenvalue weighted by molar-refractivity contribution is 6.34. The number of halogens is 2.